The van der Waals surface area contributed by atoms with Gasteiger partial charge in [-0.1, -0.05) is 36.4 Å². The lowest BCUT2D eigenvalue weighted by Crippen LogP contribution is -2.27. The zero-order valence-electron chi connectivity index (χ0n) is 12.0. The highest BCUT2D eigenvalue weighted by molar-refractivity contribution is 6.01. The normalized spacial score (nSPS) is 11.4. The number of benzene rings is 2. The largest absolute Gasteiger partial charge is 0.422 e. The number of rotatable bonds is 3. The summed E-state index contributed by atoms with van der Waals surface area (Å²) in [6, 6.07) is 17.2. The van der Waals surface area contributed by atoms with Crippen molar-refractivity contribution >= 4 is 22.7 Å². The fraction of sp³-hybridized carbons (Fsp3) is 0. The molecule has 0 aliphatic heterocycles. The van der Waals surface area contributed by atoms with Gasteiger partial charge in [-0.05, 0) is 24.3 Å². The first-order chi connectivity index (χ1) is 11.1. The average Bonchev–Trinajstić information content (AvgIpc) is 2.59. The summed E-state index contributed by atoms with van der Waals surface area (Å²) in [7, 11) is 0. The van der Waals surface area contributed by atoms with Crippen molar-refractivity contribution in [3.8, 4) is 0 Å². The highest BCUT2D eigenvalue weighted by Crippen LogP contribution is 2.12. The summed E-state index contributed by atoms with van der Waals surface area (Å²) in [6.07, 6.45) is 0. The summed E-state index contributed by atoms with van der Waals surface area (Å²) in [5.41, 5.74) is 8.49. The zero-order chi connectivity index (χ0) is 16.2. The van der Waals surface area contributed by atoms with Gasteiger partial charge < -0.3 is 10.2 Å². The number of hydrazone groups is 1. The Kier molecular flexibility index (Phi) is 3.88. The molecule has 0 saturated heterocycles. The Bertz CT molecular complexity index is 946. The van der Waals surface area contributed by atoms with E-state index in [1.165, 1.54) is 0 Å². The number of carbonyl (C=O) groups is 1. The second-order valence-corrected chi connectivity index (χ2v) is 4.79. The lowest BCUT2D eigenvalue weighted by molar-refractivity contribution is 0.0955. The number of nitrogens with two attached hydrogens (primary N) is 1. The van der Waals surface area contributed by atoms with Crippen molar-refractivity contribution < 1.29 is 9.21 Å². The molecule has 6 nitrogen and oxygen atoms in total. The number of nitrogens with one attached hydrogen (secondary N) is 1. The second-order valence-electron chi connectivity index (χ2n) is 4.79. The van der Waals surface area contributed by atoms with Gasteiger partial charge in [0.2, 0.25) is 0 Å². The summed E-state index contributed by atoms with van der Waals surface area (Å²) in [5.74, 6) is -0.535. The molecule has 0 atom stereocenters. The Morgan fingerprint density at radius 1 is 1.04 bits per heavy atom. The summed E-state index contributed by atoms with van der Waals surface area (Å²) in [5, 5.41) is 4.49. The van der Waals surface area contributed by atoms with Gasteiger partial charge in [-0.2, -0.15) is 5.10 Å². The number of para-hydroxylation sites is 1. The van der Waals surface area contributed by atoms with E-state index in [9.17, 15) is 9.59 Å². The minimum absolute atomic E-state index is 0.0945. The maximum atomic E-state index is 11.9. The van der Waals surface area contributed by atoms with Gasteiger partial charge in [0.15, 0.2) is 5.84 Å². The molecule has 23 heavy (non-hydrogen) atoms. The molecule has 1 aromatic heterocycles. The van der Waals surface area contributed by atoms with E-state index in [-0.39, 0.29) is 11.4 Å². The van der Waals surface area contributed by atoms with Crippen LogP contribution in [0.25, 0.3) is 11.0 Å². The van der Waals surface area contributed by atoms with Crippen LogP contribution in [0.3, 0.4) is 0 Å². The van der Waals surface area contributed by atoms with Crippen molar-refractivity contribution in [3.63, 3.8) is 0 Å². The second kappa shape index (κ2) is 6.15. The van der Waals surface area contributed by atoms with Gasteiger partial charge in [0, 0.05) is 10.9 Å². The lowest BCUT2D eigenvalue weighted by Gasteiger charge is -2.03. The highest BCUT2D eigenvalue weighted by atomic mass is 16.4. The van der Waals surface area contributed by atoms with Gasteiger partial charge in [0.05, 0.1) is 0 Å². The minimum atomic E-state index is -0.612. The molecular weight excluding hydrogens is 294 g/mol. The molecule has 0 spiro atoms. The molecule has 114 valence electrons. The minimum Gasteiger partial charge on any atom is -0.422 e. The molecule has 3 N–H and O–H groups in total. The van der Waals surface area contributed by atoms with Crippen molar-refractivity contribution in [3.05, 3.63) is 82.2 Å². The molecule has 0 aliphatic carbocycles. The molecule has 2 aromatic carbocycles. The Morgan fingerprint density at radius 3 is 2.52 bits per heavy atom. The van der Waals surface area contributed by atoms with E-state index < -0.39 is 11.5 Å². The quantitative estimate of drug-likeness (QED) is 0.334. The van der Waals surface area contributed by atoms with Gasteiger partial charge in [0.1, 0.15) is 11.1 Å². The van der Waals surface area contributed by atoms with E-state index in [0.29, 0.717) is 11.1 Å². The molecule has 0 aliphatic rings. The van der Waals surface area contributed by atoms with E-state index in [1.807, 2.05) is 6.07 Å². The molecule has 6 heteroatoms. The third kappa shape index (κ3) is 3.11. The SMILES string of the molecule is NC(=NNC(=O)c1ccccc1)c1cc2ccccc2oc1=O. The topological polar surface area (TPSA) is 97.7 Å². The molecule has 0 unspecified atom stereocenters. The van der Waals surface area contributed by atoms with Crippen molar-refractivity contribution in [2.45, 2.75) is 0 Å². The van der Waals surface area contributed by atoms with Crippen LogP contribution in [0, 0.1) is 0 Å². The summed E-state index contributed by atoms with van der Waals surface area (Å²) < 4.78 is 5.18. The van der Waals surface area contributed by atoms with E-state index in [0.717, 1.165) is 5.39 Å². The van der Waals surface area contributed by atoms with Gasteiger partial charge in [-0.25, -0.2) is 10.2 Å². The third-order valence-electron chi connectivity index (χ3n) is 3.23. The molecule has 1 heterocycles. The fourth-order valence-electron chi connectivity index (χ4n) is 2.07. The number of fused-ring (bicyclic) bond motifs is 1. The van der Waals surface area contributed by atoms with Crippen LogP contribution in [0.4, 0.5) is 0 Å². The maximum Gasteiger partial charge on any atom is 0.347 e. The number of nitrogens with zero attached hydrogens (tertiary/aromatic N) is 1. The van der Waals surface area contributed by atoms with Crippen molar-refractivity contribution in [1.29, 1.82) is 0 Å². The van der Waals surface area contributed by atoms with Gasteiger partial charge >= 0.3 is 5.63 Å². The number of hydrogen-bond donors (Lipinski definition) is 2. The zero-order valence-corrected chi connectivity index (χ0v) is 12.0. The molecule has 0 fully saturated rings. The number of amides is 1. The van der Waals surface area contributed by atoms with Gasteiger partial charge in [-0.3, -0.25) is 4.79 Å². The Balaban J connectivity index is 1.88. The van der Waals surface area contributed by atoms with Gasteiger partial charge in [-0.15, -0.1) is 0 Å². The first-order valence-corrected chi connectivity index (χ1v) is 6.87. The van der Waals surface area contributed by atoms with E-state index in [2.05, 4.69) is 10.5 Å². The van der Waals surface area contributed by atoms with Gasteiger partial charge in [0.25, 0.3) is 5.91 Å². The summed E-state index contributed by atoms with van der Waals surface area (Å²) >= 11 is 0. The predicted molar refractivity (Wildman–Crippen MR) is 87.1 cm³/mol. The Labute approximate surface area is 131 Å². The summed E-state index contributed by atoms with van der Waals surface area (Å²) in [6.45, 7) is 0. The lowest BCUT2D eigenvalue weighted by atomic mass is 10.2. The standard InChI is InChI=1S/C17H13N3O3/c18-15(19-20-16(21)11-6-2-1-3-7-11)13-10-12-8-4-5-9-14(12)23-17(13)22/h1-10H,(H2,18,19)(H,20,21). The average molecular weight is 307 g/mol. The molecule has 0 bridgehead atoms. The monoisotopic (exact) mass is 307 g/mol. The van der Waals surface area contributed by atoms with Crippen LogP contribution in [-0.2, 0) is 0 Å². The first kappa shape index (κ1) is 14.5. The van der Waals surface area contributed by atoms with E-state index in [1.54, 1.807) is 54.6 Å². The van der Waals surface area contributed by atoms with Crippen molar-refractivity contribution in [1.82, 2.24) is 5.43 Å². The predicted octanol–water partition coefficient (Wildman–Crippen LogP) is 1.84. The van der Waals surface area contributed by atoms with Crippen LogP contribution in [0.5, 0.6) is 0 Å². The molecule has 3 rings (SSSR count). The molecular formula is C17H13N3O3. The van der Waals surface area contributed by atoms with Crippen LogP contribution < -0.4 is 16.8 Å². The smallest absolute Gasteiger partial charge is 0.347 e. The van der Waals surface area contributed by atoms with Crippen molar-refractivity contribution in [2.75, 3.05) is 0 Å². The number of amidine groups is 1. The van der Waals surface area contributed by atoms with Crippen LogP contribution in [-0.4, -0.2) is 11.7 Å². The Morgan fingerprint density at radius 2 is 1.74 bits per heavy atom. The third-order valence-corrected chi connectivity index (χ3v) is 3.23. The molecule has 0 radical (unpaired) electrons. The van der Waals surface area contributed by atoms with Crippen LogP contribution in [0.2, 0.25) is 0 Å². The Hall–Kier alpha value is -3.41. The van der Waals surface area contributed by atoms with Crippen molar-refractivity contribution in [2.24, 2.45) is 10.8 Å². The first-order valence-electron chi connectivity index (χ1n) is 6.87. The van der Waals surface area contributed by atoms with E-state index >= 15 is 0 Å². The molecule has 1 amide bonds. The number of carbonyl (C=O) groups excluding carboxylic acids is 1. The maximum absolute atomic E-state index is 11.9. The number of hydrogen-bond acceptors (Lipinski definition) is 4. The molecule has 0 saturated carbocycles. The van der Waals surface area contributed by atoms with E-state index in [4.69, 9.17) is 10.2 Å². The van der Waals surface area contributed by atoms with Crippen LogP contribution in [0.1, 0.15) is 15.9 Å². The fourth-order valence-corrected chi connectivity index (χ4v) is 2.07. The molecule has 3 aromatic rings. The summed E-state index contributed by atoms with van der Waals surface area (Å²) in [4.78, 5) is 23.9. The van der Waals surface area contributed by atoms with Crippen LogP contribution in [0.15, 0.2) is 75.0 Å². The van der Waals surface area contributed by atoms with Crippen LogP contribution >= 0.6 is 0 Å². The highest BCUT2D eigenvalue weighted by Gasteiger charge is 2.10.